The van der Waals surface area contributed by atoms with Crippen molar-refractivity contribution in [1.82, 2.24) is 4.90 Å². The number of rotatable bonds is 8. The molecule has 1 heterocycles. The number of hydrogen-bond donors (Lipinski definition) is 2. The molecule has 1 aliphatic rings. The van der Waals surface area contributed by atoms with Gasteiger partial charge in [0.1, 0.15) is 10.6 Å². The highest BCUT2D eigenvalue weighted by Crippen LogP contribution is 2.37. The van der Waals surface area contributed by atoms with E-state index in [0.29, 0.717) is 17.0 Å². The summed E-state index contributed by atoms with van der Waals surface area (Å²) in [4.78, 5) is 40.5. The van der Waals surface area contributed by atoms with E-state index < -0.39 is 0 Å². The molecular formula is C24H26BrN3O3S. The first-order valence-electron chi connectivity index (χ1n) is 10.4. The van der Waals surface area contributed by atoms with Crippen molar-refractivity contribution in [2.75, 3.05) is 10.6 Å². The Bertz CT molecular complexity index is 1050. The third kappa shape index (κ3) is 5.81. The van der Waals surface area contributed by atoms with E-state index in [-0.39, 0.29) is 35.4 Å². The number of imide groups is 1. The fourth-order valence-electron chi connectivity index (χ4n) is 3.18. The van der Waals surface area contributed by atoms with Crippen LogP contribution in [0, 0.1) is 5.92 Å². The molecule has 32 heavy (non-hydrogen) atoms. The van der Waals surface area contributed by atoms with Gasteiger partial charge in [-0.3, -0.25) is 19.3 Å². The molecule has 0 saturated heterocycles. The summed E-state index contributed by atoms with van der Waals surface area (Å²) in [5, 5.41) is 6.00. The standard InChI is InChI=1S/C24H26BrN3O3S/c1-14(2)13-20(29)26-17-9-11-19(12-10-17)32-22-21(23(30)28(15(3)4)24(22)31)27-18-7-5-16(25)6-8-18/h5-12,14-15,27H,13H2,1-4H3,(H,26,29). The third-order valence-electron chi connectivity index (χ3n) is 4.65. The number of carbonyl (C=O) groups excluding carboxylic acids is 3. The summed E-state index contributed by atoms with van der Waals surface area (Å²) in [5.74, 6) is -0.409. The Balaban J connectivity index is 1.83. The summed E-state index contributed by atoms with van der Waals surface area (Å²) in [7, 11) is 0. The topological polar surface area (TPSA) is 78.5 Å². The van der Waals surface area contributed by atoms with E-state index in [1.807, 2.05) is 64.1 Å². The largest absolute Gasteiger partial charge is 0.350 e. The lowest BCUT2D eigenvalue weighted by Gasteiger charge is -2.19. The average molecular weight is 516 g/mol. The molecule has 0 fully saturated rings. The van der Waals surface area contributed by atoms with E-state index in [1.54, 1.807) is 12.1 Å². The van der Waals surface area contributed by atoms with Crippen molar-refractivity contribution in [3.63, 3.8) is 0 Å². The maximum Gasteiger partial charge on any atom is 0.278 e. The Kier molecular flexibility index (Phi) is 7.79. The Labute approximate surface area is 201 Å². The Morgan fingerprint density at radius 2 is 1.53 bits per heavy atom. The van der Waals surface area contributed by atoms with Gasteiger partial charge < -0.3 is 10.6 Å². The first-order chi connectivity index (χ1) is 15.2. The minimum absolute atomic E-state index is 0.0340. The van der Waals surface area contributed by atoms with Crippen LogP contribution in [0.4, 0.5) is 11.4 Å². The fraction of sp³-hybridized carbons (Fsp3) is 0.292. The van der Waals surface area contributed by atoms with E-state index in [0.717, 1.165) is 15.1 Å². The predicted octanol–water partition coefficient (Wildman–Crippen LogP) is 5.63. The van der Waals surface area contributed by atoms with Crippen molar-refractivity contribution >= 4 is 56.8 Å². The summed E-state index contributed by atoms with van der Waals surface area (Å²) in [6.45, 7) is 7.62. The van der Waals surface area contributed by atoms with Crippen molar-refractivity contribution in [1.29, 1.82) is 0 Å². The highest BCUT2D eigenvalue weighted by Gasteiger charge is 2.40. The summed E-state index contributed by atoms with van der Waals surface area (Å²) in [6.07, 6.45) is 0.454. The van der Waals surface area contributed by atoms with Crippen LogP contribution in [0.5, 0.6) is 0 Å². The van der Waals surface area contributed by atoms with Gasteiger partial charge in [-0.2, -0.15) is 0 Å². The number of carbonyl (C=O) groups is 3. The van der Waals surface area contributed by atoms with Crippen LogP contribution in [0.2, 0.25) is 0 Å². The van der Waals surface area contributed by atoms with Crippen LogP contribution in [-0.2, 0) is 14.4 Å². The molecule has 6 nitrogen and oxygen atoms in total. The number of benzene rings is 2. The quantitative estimate of drug-likeness (QED) is 0.445. The second-order valence-electron chi connectivity index (χ2n) is 8.18. The fourth-order valence-corrected chi connectivity index (χ4v) is 4.38. The zero-order valence-corrected chi connectivity index (χ0v) is 20.8. The minimum Gasteiger partial charge on any atom is -0.350 e. The minimum atomic E-state index is -0.340. The maximum atomic E-state index is 13.1. The molecule has 0 spiro atoms. The number of halogens is 1. The molecule has 2 aromatic carbocycles. The lowest BCUT2D eigenvalue weighted by molar-refractivity contribution is -0.139. The molecule has 0 saturated carbocycles. The van der Waals surface area contributed by atoms with E-state index in [4.69, 9.17) is 0 Å². The Morgan fingerprint density at radius 1 is 0.938 bits per heavy atom. The molecule has 3 rings (SSSR count). The third-order valence-corrected chi connectivity index (χ3v) is 6.27. The molecule has 0 atom stereocenters. The molecule has 0 bridgehead atoms. The number of anilines is 2. The average Bonchev–Trinajstić information content (AvgIpc) is 2.94. The summed E-state index contributed by atoms with van der Waals surface area (Å²) >= 11 is 4.63. The van der Waals surface area contributed by atoms with E-state index >= 15 is 0 Å². The van der Waals surface area contributed by atoms with Crippen LogP contribution in [0.1, 0.15) is 34.1 Å². The van der Waals surface area contributed by atoms with E-state index in [9.17, 15) is 14.4 Å². The normalized spacial score (nSPS) is 14.0. The predicted molar refractivity (Wildman–Crippen MR) is 132 cm³/mol. The lowest BCUT2D eigenvalue weighted by atomic mass is 10.1. The number of nitrogens with zero attached hydrogens (tertiary/aromatic N) is 1. The number of nitrogens with one attached hydrogen (secondary N) is 2. The SMILES string of the molecule is CC(C)CC(=O)Nc1ccc(SC2=C(Nc3ccc(Br)cc3)C(=O)N(C(C)C)C2=O)cc1. The summed E-state index contributed by atoms with van der Waals surface area (Å²) in [5.41, 5.74) is 1.68. The first-order valence-corrected chi connectivity index (χ1v) is 12.0. The molecule has 8 heteroatoms. The molecular weight excluding hydrogens is 490 g/mol. The Hall–Kier alpha value is -2.58. The molecule has 0 aromatic heterocycles. The second kappa shape index (κ2) is 10.4. The van der Waals surface area contributed by atoms with E-state index in [1.165, 1.54) is 16.7 Å². The molecule has 2 aromatic rings. The smallest absolute Gasteiger partial charge is 0.278 e. The summed E-state index contributed by atoms with van der Waals surface area (Å²) in [6, 6.07) is 14.4. The number of thioether (sulfide) groups is 1. The van der Waals surface area contributed by atoms with Gasteiger partial charge in [-0.1, -0.05) is 41.5 Å². The second-order valence-corrected chi connectivity index (χ2v) is 10.2. The monoisotopic (exact) mass is 515 g/mol. The van der Waals surface area contributed by atoms with Gasteiger partial charge in [0.05, 0.1) is 0 Å². The van der Waals surface area contributed by atoms with Crippen LogP contribution >= 0.6 is 27.7 Å². The molecule has 0 aliphatic carbocycles. The number of hydrogen-bond acceptors (Lipinski definition) is 5. The van der Waals surface area contributed by atoms with Crippen molar-refractivity contribution in [3.8, 4) is 0 Å². The van der Waals surface area contributed by atoms with Gasteiger partial charge in [0.25, 0.3) is 11.8 Å². The molecule has 0 radical (unpaired) electrons. The van der Waals surface area contributed by atoms with E-state index in [2.05, 4.69) is 26.6 Å². The van der Waals surface area contributed by atoms with Crippen molar-refractivity contribution in [2.45, 2.75) is 45.1 Å². The van der Waals surface area contributed by atoms with Crippen molar-refractivity contribution < 1.29 is 14.4 Å². The summed E-state index contributed by atoms with van der Waals surface area (Å²) < 4.78 is 0.921. The van der Waals surface area contributed by atoms with Crippen LogP contribution < -0.4 is 10.6 Å². The van der Waals surface area contributed by atoms with Gasteiger partial charge in [0, 0.05) is 33.2 Å². The highest BCUT2D eigenvalue weighted by atomic mass is 79.9. The van der Waals surface area contributed by atoms with Gasteiger partial charge in [0.2, 0.25) is 5.91 Å². The first kappa shape index (κ1) is 24.1. The van der Waals surface area contributed by atoms with Gasteiger partial charge in [-0.25, -0.2) is 0 Å². The van der Waals surface area contributed by atoms with Crippen LogP contribution in [0.15, 0.2) is 68.5 Å². The van der Waals surface area contributed by atoms with Crippen LogP contribution in [0.25, 0.3) is 0 Å². The lowest BCUT2D eigenvalue weighted by Crippen LogP contribution is -2.38. The van der Waals surface area contributed by atoms with Crippen molar-refractivity contribution in [3.05, 3.63) is 63.6 Å². The number of amides is 3. The van der Waals surface area contributed by atoms with Crippen molar-refractivity contribution in [2.24, 2.45) is 5.92 Å². The zero-order valence-electron chi connectivity index (χ0n) is 18.4. The van der Waals surface area contributed by atoms with Gasteiger partial charge in [-0.05, 0) is 68.3 Å². The molecule has 1 aliphatic heterocycles. The van der Waals surface area contributed by atoms with Gasteiger partial charge in [0.15, 0.2) is 0 Å². The van der Waals surface area contributed by atoms with Gasteiger partial charge in [-0.15, -0.1) is 0 Å². The maximum absolute atomic E-state index is 13.1. The van der Waals surface area contributed by atoms with Crippen LogP contribution in [0.3, 0.4) is 0 Å². The molecule has 168 valence electrons. The van der Waals surface area contributed by atoms with Gasteiger partial charge >= 0.3 is 0 Å². The molecule has 3 amide bonds. The van der Waals surface area contributed by atoms with Crippen LogP contribution in [-0.4, -0.2) is 28.7 Å². The molecule has 0 unspecified atom stereocenters. The highest BCUT2D eigenvalue weighted by molar-refractivity contribution is 9.10. The Morgan fingerprint density at radius 3 is 2.09 bits per heavy atom. The zero-order chi connectivity index (χ0) is 23.4. The molecule has 2 N–H and O–H groups in total.